The first-order chi connectivity index (χ1) is 11.0. The van der Waals surface area contributed by atoms with E-state index in [-0.39, 0.29) is 18.2 Å². The second kappa shape index (κ2) is 6.14. The van der Waals surface area contributed by atoms with Crippen molar-refractivity contribution in [3.63, 3.8) is 0 Å². The summed E-state index contributed by atoms with van der Waals surface area (Å²) in [5.74, 6) is 0.398. The second-order valence-electron chi connectivity index (χ2n) is 6.58. The van der Waals surface area contributed by atoms with Crippen LogP contribution in [0.4, 0.5) is 0 Å². The van der Waals surface area contributed by atoms with Crippen molar-refractivity contribution < 1.29 is 9.59 Å². The summed E-state index contributed by atoms with van der Waals surface area (Å²) in [5, 5.41) is 5.25. The summed E-state index contributed by atoms with van der Waals surface area (Å²) in [5.41, 5.74) is 2.50. The van der Waals surface area contributed by atoms with Crippen molar-refractivity contribution in [2.45, 2.75) is 46.1 Å². The molecule has 3 rings (SSSR count). The van der Waals surface area contributed by atoms with Crippen molar-refractivity contribution in [1.82, 2.24) is 14.7 Å². The number of fused-ring (bicyclic) bond motifs is 1. The number of carbonyl (C=O) groups is 2. The van der Waals surface area contributed by atoms with Gasteiger partial charge in [0.25, 0.3) is 0 Å². The Labute approximate surface area is 136 Å². The van der Waals surface area contributed by atoms with Gasteiger partial charge in [-0.05, 0) is 30.4 Å². The van der Waals surface area contributed by atoms with Gasteiger partial charge in [0.15, 0.2) is 5.78 Å². The van der Waals surface area contributed by atoms with Crippen LogP contribution in [0.5, 0.6) is 0 Å². The smallest absolute Gasteiger partial charge is 0.244 e. The Hall–Kier alpha value is -2.17. The van der Waals surface area contributed by atoms with E-state index in [4.69, 9.17) is 0 Å². The van der Waals surface area contributed by atoms with E-state index in [1.165, 1.54) is 12.5 Å². The molecule has 23 heavy (non-hydrogen) atoms. The second-order valence-corrected chi connectivity index (χ2v) is 6.58. The van der Waals surface area contributed by atoms with Gasteiger partial charge in [-0.1, -0.05) is 26.0 Å². The maximum Gasteiger partial charge on any atom is 0.244 e. The molecule has 0 unspecified atom stereocenters. The first kappa shape index (κ1) is 15.7. The predicted molar refractivity (Wildman–Crippen MR) is 89.6 cm³/mol. The minimum atomic E-state index is -0.0698. The zero-order valence-corrected chi connectivity index (χ0v) is 14.0. The van der Waals surface area contributed by atoms with E-state index >= 15 is 0 Å². The molecular weight excluding hydrogens is 290 g/mol. The lowest BCUT2D eigenvalue weighted by Gasteiger charge is -2.15. The molecule has 122 valence electrons. The summed E-state index contributed by atoms with van der Waals surface area (Å²) >= 11 is 0. The third kappa shape index (κ3) is 3.00. The Morgan fingerprint density at radius 3 is 2.52 bits per heavy atom. The molecule has 0 N–H and O–H groups in total. The van der Waals surface area contributed by atoms with Crippen LogP contribution in [0.2, 0.25) is 0 Å². The zero-order valence-electron chi connectivity index (χ0n) is 14.0. The highest BCUT2D eigenvalue weighted by Gasteiger charge is 2.21. The van der Waals surface area contributed by atoms with Crippen LogP contribution in [0.3, 0.4) is 0 Å². The van der Waals surface area contributed by atoms with E-state index in [1.807, 2.05) is 17.0 Å². The van der Waals surface area contributed by atoms with Crippen molar-refractivity contribution >= 4 is 22.6 Å². The number of amides is 1. The maximum absolute atomic E-state index is 12.4. The lowest BCUT2D eigenvalue weighted by molar-refractivity contribution is -0.130. The normalized spacial score (nSPS) is 14.9. The minimum absolute atomic E-state index is 0.0698. The van der Waals surface area contributed by atoms with Crippen molar-refractivity contribution in [3.8, 4) is 0 Å². The molecule has 2 heterocycles. The Kier molecular flexibility index (Phi) is 4.20. The Balaban J connectivity index is 2.01. The Morgan fingerprint density at radius 1 is 1.22 bits per heavy atom. The van der Waals surface area contributed by atoms with Crippen LogP contribution in [-0.4, -0.2) is 39.5 Å². The molecule has 1 aromatic heterocycles. The van der Waals surface area contributed by atoms with E-state index in [0.717, 1.165) is 36.8 Å². The van der Waals surface area contributed by atoms with Gasteiger partial charge in [-0.25, -0.2) is 0 Å². The van der Waals surface area contributed by atoms with Gasteiger partial charge in [-0.2, -0.15) is 5.10 Å². The number of aromatic nitrogens is 2. The quantitative estimate of drug-likeness (QED) is 0.815. The number of nitrogens with zero attached hydrogens (tertiary/aromatic N) is 3. The molecular formula is C18H23N3O2. The van der Waals surface area contributed by atoms with Crippen molar-refractivity contribution in [3.05, 3.63) is 29.5 Å². The summed E-state index contributed by atoms with van der Waals surface area (Å²) in [6.45, 7) is 7.63. The predicted octanol–water partition coefficient (Wildman–Crippen LogP) is 2.98. The number of likely N-dealkylation sites (tertiary alicyclic amines) is 1. The number of ketones is 1. The van der Waals surface area contributed by atoms with E-state index in [0.29, 0.717) is 11.6 Å². The van der Waals surface area contributed by atoms with Crippen molar-refractivity contribution in [1.29, 1.82) is 0 Å². The number of carbonyl (C=O) groups excluding carboxylic acids is 2. The monoisotopic (exact) mass is 313 g/mol. The molecule has 1 aliphatic rings. The molecule has 1 fully saturated rings. The minimum Gasteiger partial charge on any atom is -0.341 e. The average Bonchev–Trinajstić information content (AvgIpc) is 3.14. The Morgan fingerprint density at radius 2 is 1.91 bits per heavy atom. The highest BCUT2D eigenvalue weighted by Crippen LogP contribution is 2.25. The summed E-state index contributed by atoms with van der Waals surface area (Å²) < 4.78 is 1.69. The number of hydrogen-bond donors (Lipinski definition) is 0. The first-order valence-electron chi connectivity index (χ1n) is 8.26. The van der Waals surface area contributed by atoms with E-state index in [9.17, 15) is 9.59 Å². The summed E-state index contributed by atoms with van der Waals surface area (Å²) in [6, 6.07) is 6.04. The number of hydrogen-bond acceptors (Lipinski definition) is 3. The van der Waals surface area contributed by atoms with Crippen LogP contribution in [0.15, 0.2) is 18.2 Å². The molecule has 1 aromatic carbocycles. The van der Waals surface area contributed by atoms with Crippen LogP contribution >= 0.6 is 0 Å². The molecule has 0 saturated carbocycles. The molecule has 1 amide bonds. The zero-order chi connectivity index (χ0) is 16.6. The number of rotatable bonds is 4. The van der Waals surface area contributed by atoms with Crippen LogP contribution in [-0.2, 0) is 11.3 Å². The third-order valence-electron chi connectivity index (χ3n) is 4.52. The first-order valence-corrected chi connectivity index (χ1v) is 8.26. The van der Waals surface area contributed by atoms with Gasteiger partial charge in [-0.3, -0.25) is 14.3 Å². The fraction of sp³-hybridized carbons (Fsp3) is 0.500. The van der Waals surface area contributed by atoms with Gasteiger partial charge in [0.2, 0.25) is 5.91 Å². The number of Topliss-reactive ketones (excluding diaryl/α,β-unsaturated/α-hetero) is 1. The van der Waals surface area contributed by atoms with Gasteiger partial charge < -0.3 is 4.90 Å². The van der Waals surface area contributed by atoms with Crippen LogP contribution < -0.4 is 0 Å². The maximum atomic E-state index is 12.4. The van der Waals surface area contributed by atoms with E-state index < -0.39 is 0 Å². The van der Waals surface area contributed by atoms with Crippen LogP contribution in [0.1, 0.15) is 55.6 Å². The fourth-order valence-corrected chi connectivity index (χ4v) is 3.13. The van der Waals surface area contributed by atoms with Crippen molar-refractivity contribution in [2.75, 3.05) is 13.1 Å². The highest BCUT2D eigenvalue weighted by molar-refractivity contribution is 6.05. The topological polar surface area (TPSA) is 55.2 Å². The van der Waals surface area contributed by atoms with Gasteiger partial charge in [-0.15, -0.1) is 0 Å². The average molecular weight is 313 g/mol. The molecule has 0 bridgehead atoms. The largest absolute Gasteiger partial charge is 0.341 e. The van der Waals surface area contributed by atoms with Crippen LogP contribution in [0, 0.1) is 0 Å². The van der Waals surface area contributed by atoms with Gasteiger partial charge >= 0.3 is 0 Å². The molecule has 0 atom stereocenters. The number of benzene rings is 1. The Bertz CT molecular complexity index is 755. The SMILES string of the molecule is CC(=O)c1nn(CC(=O)N2CCCC2)c2cc(C(C)C)ccc12. The molecule has 1 saturated heterocycles. The molecule has 5 heteroatoms. The molecule has 0 spiro atoms. The molecule has 0 radical (unpaired) electrons. The summed E-state index contributed by atoms with van der Waals surface area (Å²) in [4.78, 5) is 26.2. The summed E-state index contributed by atoms with van der Waals surface area (Å²) in [7, 11) is 0. The van der Waals surface area contributed by atoms with Gasteiger partial charge in [0.1, 0.15) is 12.2 Å². The molecule has 1 aliphatic heterocycles. The lowest BCUT2D eigenvalue weighted by Crippen LogP contribution is -2.31. The highest BCUT2D eigenvalue weighted by atomic mass is 16.2. The standard InChI is InChI=1S/C18H23N3O2/c1-12(2)14-6-7-15-16(10-14)21(19-18(15)13(3)22)11-17(23)20-8-4-5-9-20/h6-7,10,12H,4-5,8-9,11H2,1-3H3. The lowest BCUT2D eigenvalue weighted by atomic mass is 10.0. The fourth-order valence-electron chi connectivity index (χ4n) is 3.13. The van der Waals surface area contributed by atoms with Crippen molar-refractivity contribution in [2.24, 2.45) is 0 Å². The van der Waals surface area contributed by atoms with E-state index in [1.54, 1.807) is 4.68 Å². The molecule has 0 aliphatic carbocycles. The van der Waals surface area contributed by atoms with E-state index in [2.05, 4.69) is 25.0 Å². The van der Waals surface area contributed by atoms with Gasteiger partial charge in [0.05, 0.1) is 5.52 Å². The molecule has 5 nitrogen and oxygen atoms in total. The summed E-state index contributed by atoms with van der Waals surface area (Å²) in [6.07, 6.45) is 2.14. The third-order valence-corrected chi connectivity index (χ3v) is 4.52. The van der Waals surface area contributed by atoms with Crippen LogP contribution in [0.25, 0.3) is 10.9 Å². The van der Waals surface area contributed by atoms with Gasteiger partial charge in [0, 0.05) is 25.4 Å². The molecule has 2 aromatic rings.